The number of rotatable bonds is 12. The van der Waals surface area contributed by atoms with Gasteiger partial charge in [0, 0.05) is 95.4 Å². The number of benzene rings is 15. The van der Waals surface area contributed by atoms with Crippen LogP contribution in [0.15, 0.2) is 368 Å². The molecule has 100 heavy (non-hydrogen) atoms. The monoisotopic (exact) mass is 1300 g/mol. The van der Waals surface area contributed by atoms with Crippen LogP contribution in [0.3, 0.4) is 0 Å². The van der Waals surface area contributed by atoms with Crippen LogP contribution in [0.1, 0.15) is 0 Å². The molecule has 470 valence electrons. The number of anilines is 15. The Kier molecular flexibility index (Phi) is 14.3. The minimum Gasteiger partial charge on any atom is -0.311 e. The maximum atomic E-state index is 18.6. The molecule has 5 nitrogen and oxygen atoms in total. The van der Waals surface area contributed by atoms with E-state index in [1.165, 1.54) is 17.0 Å². The lowest BCUT2D eigenvalue weighted by molar-refractivity contribution is 0.585. The Bertz CT molecular complexity index is 5500. The minimum absolute atomic E-state index is 0.246. The third-order valence-corrected chi connectivity index (χ3v) is 21.3. The van der Waals surface area contributed by atoms with Crippen molar-refractivity contribution in [3.05, 3.63) is 370 Å². The van der Waals surface area contributed by atoms with Crippen LogP contribution < -0.4 is 57.3 Å². The van der Waals surface area contributed by atoms with Crippen LogP contribution in [0.25, 0.3) is 33.4 Å². The van der Waals surface area contributed by atoms with Gasteiger partial charge in [-0.1, -0.05) is 248 Å². The average molecular weight is 1300 g/mol. The third-order valence-electron chi connectivity index (χ3n) is 20.1. The number of nitrogens with zero attached hydrogens (tertiary/aromatic N) is 5. The van der Waals surface area contributed by atoms with Crippen molar-refractivity contribution in [3.8, 4) is 33.4 Å². The van der Waals surface area contributed by atoms with Crippen molar-refractivity contribution in [1.82, 2.24) is 0 Å². The number of hydrogen-bond acceptors (Lipinski definition) is 6. The van der Waals surface area contributed by atoms with Crippen LogP contribution >= 0.6 is 11.8 Å². The second kappa shape index (κ2) is 24.3. The first-order valence-corrected chi connectivity index (χ1v) is 34.7. The van der Waals surface area contributed by atoms with E-state index in [4.69, 9.17) is 0 Å². The van der Waals surface area contributed by atoms with E-state index < -0.39 is 11.6 Å². The lowest BCUT2D eigenvalue weighted by Gasteiger charge is -2.46. The summed E-state index contributed by atoms with van der Waals surface area (Å²) in [5.41, 5.74) is 26.1. The highest BCUT2D eigenvalue weighted by Crippen LogP contribution is 2.53. The molecule has 0 fully saturated rings. The first-order chi connectivity index (χ1) is 49.5. The summed E-state index contributed by atoms with van der Waals surface area (Å²) in [6.07, 6.45) is 0. The van der Waals surface area contributed by atoms with Crippen molar-refractivity contribution in [2.75, 3.05) is 24.5 Å². The smallest absolute Gasteiger partial charge is 0.252 e. The van der Waals surface area contributed by atoms with Gasteiger partial charge in [-0.3, -0.25) is 0 Å². The van der Waals surface area contributed by atoms with Gasteiger partial charge < -0.3 is 24.5 Å². The molecule has 4 aliphatic rings. The number of halogens is 2. The van der Waals surface area contributed by atoms with Crippen LogP contribution in [-0.2, 0) is 0 Å². The van der Waals surface area contributed by atoms with Gasteiger partial charge in [-0.2, -0.15) is 0 Å². The third kappa shape index (κ3) is 9.84. The summed E-state index contributed by atoms with van der Waals surface area (Å²) < 4.78 is 35.1. The predicted octanol–water partition coefficient (Wildman–Crippen LogP) is 20.8. The highest BCUT2D eigenvalue weighted by molar-refractivity contribution is 8.00. The molecular weight excluding hydrogens is 1240 g/mol. The summed E-state index contributed by atoms with van der Waals surface area (Å²) in [4.78, 5) is 13.8. The fourth-order valence-corrected chi connectivity index (χ4v) is 17.1. The average Bonchev–Trinajstić information content (AvgIpc) is 0.674. The predicted molar refractivity (Wildman–Crippen MR) is 416 cm³/mol. The van der Waals surface area contributed by atoms with Crippen molar-refractivity contribution >= 4 is 143 Å². The topological polar surface area (TPSA) is 16.2 Å². The lowest BCUT2D eigenvalue weighted by atomic mass is 9.31. The molecule has 15 aromatic carbocycles. The van der Waals surface area contributed by atoms with Crippen molar-refractivity contribution in [1.29, 1.82) is 0 Å². The van der Waals surface area contributed by atoms with E-state index in [0.29, 0.717) is 11.1 Å². The van der Waals surface area contributed by atoms with E-state index in [0.717, 1.165) is 140 Å². The summed E-state index contributed by atoms with van der Waals surface area (Å²) in [5, 5.41) is 0. The normalized spacial score (nSPS) is 12.8. The van der Waals surface area contributed by atoms with Crippen molar-refractivity contribution < 1.29 is 8.78 Å². The molecule has 0 N–H and O–H groups in total. The Balaban J connectivity index is 0.892. The molecule has 0 aromatic heterocycles. The molecule has 0 bridgehead atoms. The summed E-state index contributed by atoms with van der Waals surface area (Å²) in [5.74, 6) is -1.34. The van der Waals surface area contributed by atoms with Gasteiger partial charge in [-0.05, 0) is 176 Å². The van der Waals surface area contributed by atoms with Crippen molar-refractivity contribution in [2.24, 2.45) is 0 Å². The van der Waals surface area contributed by atoms with Crippen LogP contribution in [0, 0.1) is 11.6 Å². The van der Waals surface area contributed by atoms with Gasteiger partial charge in [0.05, 0.1) is 11.4 Å². The Morgan fingerprint density at radius 3 is 1.15 bits per heavy atom. The summed E-state index contributed by atoms with van der Waals surface area (Å²) in [7, 11) is 0. The molecule has 10 heteroatoms. The molecular formula is C90H59B2F2N5S. The van der Waals surface area contributed by atoms with Crippen molar-refractivity contribution in [2.45, 2.75) is 9.79 Å². The van der Waals surface area contributed by atoms with Crippen LogP contribution in [0.5, 0.6) is 0 Å². The molecule has 0 spiro atoms. The fraction of sp³-hybridized carbons (Fsp3) is 0. The van der Waals surface area contributed by atoms with E-state index in [1.807, 2.05) is 42.5 Å². The zero-order valence-electron chi connectivity index (χ0n) is 54.1. The Morgan fingerprint density at radius 1 is 0.260 bits per heavy atom. The molecule has 0 unspecified atom stereocenters. The molecule has 0 aliphatic carbocycles. The zero-order valence-corrected chi connectivity index (χ0v) is 54.9. The van der Waals surface area contributed by atoms with Gasteiger partial charge in [0.25, 0.3) is 6.71 Å². The summed E-state index contributed by atoms with van der Waals surface area (Å²) in [6.45, 7) is -0.607. The molecule has 0 atom stereocenters. The van der Waals surface area contributed by atoms with Gasteiger partial charge in [0.15, 0.2) is 5.82 Å². The van der Waals surface area contributed by atoms with Crippen molar-refractivity contribution in [3.63, 3.8) is 0 Å². The van der Waals surface area contributed by atoms with Crippen LogP contribution in [0.4, 0.5) is 94.1 Å². The molecule has 19 rings (SSSR count). The first kappa shape index (κ1) is 58.9. The number of hydrogen-bond donors (Lipinski definition) is 0. The van der Waals surface area contributed by atoms with Gasteiger partial charge in [-0.15, -0.1) is 0 Å². The first-order valence-electron chi connectivity index (χ1n) is 33.9. The van der Waals surface area contributed by atoms with E-state index in [-0.39, 0.29) is 19.1 Å². The highest BCUT2D eigenvalue weighted by atomic mass is 32.2. The standard InChI is InChI=1S/C90H59B2F2N5S/c93-65-52-74(64-30-12-3-13-31-64)90(79(94)53-65)99-82-59-86-78(58-77(82)91-75-40-22-24-42-80(75)97(68-36-18-6-19-37-68)83-54-72(55-84(99)88(83)91)95(66-32-14-4-15-33-66)67-34-16-5-17-35-67)92-76-41-23-25-43-81(76)98(69-38-20-7-21-39-69)85-56-73(57-87(100-86)89(85)92)96(70-48-44-62(45-49-70)60-26-8-1-9-27-60)71-50-46-63(47-51-71)61-28-10-2-11-29-61/h1-59H. The Morgan fingerprint density at radius 2 is 0.650 bits per heavy atom. The second-order valence-electron chi connectivity index (χ2n) is 25.8. The Labute approximate surface area is 585 Å². The lowest BCUT2D eigenvalue weighted by Crippen LogP contribution is -2.64. The van der Waals surface area contributed by atoms with Gasteiger partial charge in [-0.25, -0.2) is 8.78 Å². The molecule has 0 amide bonds. The quantitative estimate of drug-likeness (QED) is 0.113. The number of para-hydroxylation sites is 6. The maximum absolute atomic E-state index is 18.6. The fourth-order valence-electron chi connectivity index (χ4n) is 15.9. The summed E-state index contributed by atoms with van der Waals surface area (Å²) in [6, 6.07) is 125. The molecule has 0 saturated carbocycles. The molecule has 0 saturated heterocycles. The van der Waals surface area contributed by atoms with Gasteiger partial charge in [0.2, 0.25) is 6.71 Å². The second-order valence-corrected chi connectivity index (χ2v) is 26.9. The largest absolute Gasteiger partial charge is 0.311 e. The van der Waals surface area contributed by atoms with E-state index in [2.05, 4.69) is 328 Å². The minimum atomic E-state index is -0.678. The molecule has 4 aliphatic heterocycles. The molecule has 4 heterocycles. The Hall–Kier alpha value is -12.4. The summed E-state index contributed by atoms with van der Waals surface area (Å²) >= 11 is 1.76. The maximum Gasteiger partial charge on any atom is 0.252 e. The van der Waals surface area contributed by atoms with E-state index >= 15 is 8.78 Å². The molecule has 15 aromatic rings. The van der Waals surface area contributed by atoms with Gasteiger partial charge >= 0.3 is 0 Å². The molecule has 0 radical (unpaired) electrons. The highest BCUT2D eigenvalue weighted by Gasteiger charge is 2.48. The zero-order chi connectivity index (χ0) is 66.4. The van der Waals surface area contributed by atoms with Gasteiger partial charge in [0.1, 0.15) is 5.82 Å². The van der Waals surface area contributed by atoms with E-state index in [1.54, 1.807) is 11.8 Å². The number of fused-ring (bicyclic) bond motifs is 8. The van der Waals surface area contributed by atoms with Crippen LogP contribution in [0.2, 0.25) is 0 Å². The van der Waals surface area contributed by atoms with Crippen LogP contribution in [-0.4, -0.2) is 13.4 Å². The van der Waals surface area contributed by atoms with E-state index in [9.17, 15) is 0 Å². The SMILES string of the molecule is Fc1cc(F)c(N2c3cc4c(cc3B3c5ccccc5N(c5ccccc5)c5cc(N(c6ccccc6)c6ccccc6)cc2c53)B2c3ccccc3N(c3ccccc3)c3cc(N(c5ccc(-c6ccccc6)cc5)c5ccc(-c6ccccc6)cc5)cc(c32)S4)c(-c2ccccc2)c1.